The highest BCUT2D eigenvalue weighted by atomic mass is 32.2. The van der Waals surface area contributed by atoms with Crippen molar-refractivity contribution in [3.63, 3.8) is 0 Å². The van der Waals surface area contributed by atoms with E-state index in [1.807, 2.05) is 30.3 Å². The first kappa shape index (κ1) is 30.4. The van der Waals surface area contributed by atoms with E-state index in [1.54, 1.807) is 56.6 Å². The number of nitrogens with zero attached hydrogens (tertiary/aromatic N) is 3. The van der Waals surface area contributed by atoms with Gasteiger partial charge in [-0.25, -0.2) is 12.7 Å². The third kappa shape index (κ3) is 4.33. The Hall–Kier alpha value is -3.29. The number of carbonyl (C=O) groups is 2. The minimum Gasteiger partial charge on any atom is -0.382 e. The van der Waals surface area contributed by atoms with Crippen molar-refractivity contribution in [2.45, 2.75) is 39.6 Å². The number of hydrogen-bond donors (Lipinski definition) is 1. The Labute approximate surface area is 272 Å². The predicted molar refractivity (Wildman–Crippen MR) is 176 cm³/mol. The maximum absolute atomic E-state index is 14.7. The van der Waals surface area contributed by atoms with Crippen LogP contribution in [0.5, 0.6) is 0 Å². The molecule has 4 aliphatic rings. The van der Waals surface area contributed by atoms with E-state index in [9.17, 15) is 18.0 Å². The summed E-state index contributed by atoms with van der Waals surface area (Å²) in [6.45, 7) is 0.728. The van der Waals surface area contributed by atoms with Gasteiger partial charge in [0.1, 0.15) is 6.17 Å². The van der Waals surface area contributed by atoms with Crippen molar-refractivity contribution in [3.8, 4) is 0 Å². The van der Waals surface area contributed by atoms with Gasteiger partial charge in [0.05, 0.1) is 35.2 Å². The SMILES string of the molecule is COCCOCS[C@H]1C(=O)N2[C@H]3N(S(=O)(=O)c4ccccc4)c4ccccc4[C@@]3(C3=CCc4ccccc43)C[C@]2(S)C(=O)N1C. The molecule has 7 rings (SSSR count). The minimum absolute atomic E-state index is 0.0958. The highest BCUT2D eigenvalue weighted by Gasteiger charge is 2.74. The lowest BCUT2D eigenvalue weighted by Crippen LogP contribution is -2.69. The van der Waals surface area contributed by atoms with Crippen molar-refractivity contribution in [1.29, 1.82) is 0 Å². The summed E-state index contributed by atoms with van der Waals surface area (Å²) >= 11 is 6.22. The number of piperazine rings is 1. The second kappa shape index (κ2) is 11.2. The molecule has 45 heavy (non-hydrogen) atoms. The van der Waals surface area contributed by atoms with E-state index >= 15 is 0 Å². The number of carbonyl (C=O) groups excluding carboxylic acids is 2. The van der Waals surface area contributed by atoms with Crippen LogP contribution in [0, 0.1) is 0 Å². The predicted octanol–water partition coefficient (Wildman–Crippen LogP) is 4.11. The average Bonchev–Trinajstić information content (AvgIpc) is 3.69. The Morgan fingerprint density at radius 2 is 1.69 bits per heavy atom. The lowest BCUT2D eigenvalue weighted by Gasteiger charge is -2.48. The van der Waals surface area contributed by atoms with E-state index in [2.05, 4.69) is 12.1 Å². The number of amides is 2. The number of benzene rings is 3. The topological polar surface area (TPSA) is 96.5 Å². The molecule has 0 bridgehead atoms. The molecule has 0 unspecified atom stereocenters. The first-order chi connectivity index (χ1) is 21.7. The average molecular weight is 664 g/mol. The Kier molecular flexibility index (Phi) is 7.56. The number of ether oxygens (including phenoxy) is 2. The van der Waals surface area contributed by atoms with Crippen LogP contribution in [0.3, 0.4) is 0 Å². The first-order valence-corrected chi connectivity index (χ1v) is 17.6. The van der Waals surface area contributed by atoms with Gasteiger partial charge >= 0.3 is 0 Å². The Morgan fingerprint density at radius 3 is 2.47 bits per heavy atom. The third-order valence-corrected chi connectivity index (χ3v) is 12.8. The molecule has 1 aliphatic carbocycles. The highest BCUT2D eigenvalue weighted by molar-refractivity contribution is 8.00. The molecule has 3 aliphatic heterocycles. The highest BCUT2D eigenvalue weighted by Crippen LogP contribution is 2.66. The Bertz CT molecular complexity index is 1820. The second-order valence-electron chi connectivity index (χ2n) is 11.6. The molecule has 3 aromatic carbocycles. The van der Waals surface area contributed by atoms with Gasteiger partial charge in [-0.05, 0) is 46.9 Å². The molecule has 2 amide bonds. The number of fused-ring (bicyclic) bond motifs is 6. The summed E-state index contributed by atoms with van der Waals surface area (Å²) in [6.07, 6.45) is 1.80. The van der Waals surface area contributed by atoms with E-state index in [1.165, 1.54) is 25.9 Å². The quantitative estimate of drug-likeness (QED) is 0.209. The van der Waals surface area contributed by atoms with Gasteiger partial charge in [0, 0.05) is 20.6 Å². The summed E-state index contributed by atoms with van der Waals surface area (Å²) in [5, 5.41) is -0.939. The summed E-state index contributed by atoms with van der Waals surface area (Å²) in [4.78, 5) is 30.5. The number of allylic oxidation sites excluding steroid dienone is 1. The largest absolute Gasteiger partial charge is 0.382 e. The van der Waals surface area contributed by atoms with E-state index in [4.69, 9.17) is 22.1 Å². The number of methoxy groups -OCH3 is 1. The zero-order valence-electron chi connectivity index (χ0n) is 24.8. The molecule has 4 atom stereocenters. The van der Waals surface area contributed by atoms with Crippen LogP contribution in [0.4, 0.5) is 5.69 Å². The molecule has 2 fully saturated rings. The fourth-order valence-electron chi connectivity index (χ4n) is 7.41. The molecule has 2 saturated heterocycles. The molecule has 0 radical (unpaired) electrons. The van der Waals surface area contributed by atoms with Crippen LogP contribution >= 0.6 is 24.4 Å². The summed E-state index contributed by atoms with van der Waals surface area (Å²) < 4.78 is 41.5. The van der Waals surface area contributed by atoms with Crippen molar-refractivity contribution in [3.05, 3.63) is 102 Å². The number of thioether (sulfide) groups is 1. The van der Waals surface area contributed by atoms with Crippen LogP contribution in [0.25, 0.3) is 5.57 Å². The maximum atomic E-state index is 14.7. The van der Waals surface area contributed by atoms with Gasteiger partial charge in [0.2, 0.25) is 0 Å². The summed E-state index contributed by atoms with van der Waals surface area (Å²) in [5.41, 5.74) is 3.15. The second-order valence-corrected chi connectivity index (χ2v) is 15.2. The molecular formula is C33H33N3O6S3. The zero-order chi connectivity index (χ0) is 31.6. The van der Waals surface area contributed by atoms with Gasteiger partial charge in [-0.1, -0.05) is 78.5 Å². The number of para-hydroxylation sites is 1. The lowest BCUT2D eigenvalue weighted by molar-refractivity contribution is -0.157. The number of rotatable bonds is 9. The number of likely N-dealkylation sites (N-methyl/N-ethyl adjacent to an activating group) is 1. The summed E-state index contributed by atoms with van der Waals surface area (Å²) in [5.74, 6) is -0.618. The van der Waals surface area contributed by atoms with E-state index in [0.717, 1.165) is 22.3 Å². The normalized spacial score (nSPS) is 26.9. The first-order valence-electron chi connectivity index (χ1n) is 14.7. The number of anilines is 1. The van der Waals surface area contributed by atoms with Gasteiger partial charge in [-0.3, -0.25) is 14.5 Å². The molecule has 234 valence electrons. The van der Waals surface area contributed by atoms with Crippen molar-refractivity contribution in [1.82, 2.24) is 9.80 Å². The van der Waals surface area contributed by atoms with Crippen LogP contribution < -0.4 is 4.31 Å². The molecule has 0 spiro atoms. The Morgan fingerprint density at radius 1 is 0.978 bits per heavy atom. The number of sulfonamides is 1. The van der Waals surface area contributed by atoms with Crippen molar-refractivity contribution >= 4 is 57.5 Å². The standard InChI is InChI=1S/C33H33N3O6S3/c1-34-29(44-21-42-19-18-41-2)28(37)35-30-32(20-33(35,43)31(34)38,25-17-16-22-10-6-7-13-24(22)25)26-14-8-9-15-27(26)36(30)45(39,40)23-11-4-3-5-12-23/h3-15,17,29-30,43H,16,18-21H2,1-2H3/t29-,30-,32-,33-/m0/s1. The molecule has 3 aromatic rings. The van der Waals surface area contributed by atoms with Gasteiger partial charge in [0.15, 0.2) is 10.2 Å². The lowest BCUT2D eigenvalue weighted by atomic mass is 9.70. The van der Waals surface area contributed by atoms with Gasteiger partial charge < -0.3 is 14.4 Å². The molecular weight excluding hydrogens is 631 g/mol. The van der Waals surface area contributed by atoms with Gasteiger partial charge in [-0.15, -0.1) is 12.6 Å². The molecule has 0 N–H and O–H groups in total. The maximum Gasteiger partial charge on any atom is 0.266 e. The van der Waals surface area contributed by atoms with Crippen molar-refractivity contribution in [2.75, 3.05) is 37.6 Å². The zero-order valence-corrected chi connectivity index (χ0v) is 27.4. The summed E-state index contributed by atoms with van der Waals surface area (Å²) in [7, 11) is -1.05. The Balaban J connectivity index is 1.44. The van der Waals surface area contributed by atoms with Crippen LogP contribution in [-0.2, 0) is 40.9 Å². The van der Waals surface area contributed by atoms with Crippen LogP contribution in [0.1, 0.15) is 23.1 Å². The van der Waals surface area contributed by atoms with E-state index in [0.29, 0.717) is 25.3 Å². The number of hydrogen-bond acceptors (Lipinski definition) is 8. The minimum atomic E-state index is -4.22. The fourth-order valence-corrected chi connectivity index (χ4v) is 10.6. The van der Waals surface area contributed by atoms with Crippen molar-refractivity contribution < 1.29 is 27.5 Å². The van der Waals surface area contributed by atoms with Gasteiger partial charge in [0.25, 0.3) is 21.8 Å². The molecule has 0 aromatic heterocycles. The summed E-state index contributed by atoms with van der Waals surface area (Å²) in [6, 6.07) is 23.7. The monoisotopic (exact) mass is 663 g/mol. The fraction of sp³-hybridized carbons (Fsp3) is 0.333. The third-order valence-electron chi connectivity index (χ3n) is 9.27. The molecule has 9 nitrogen and oxygen atoms in total. The smallest absolute Gasteiger partial charge is 0.266 e. The van der Waals surface area contributed by atoms with E-state index in [-0.39, 0.29) is 23.2 Å². The molecule has 12 heteroatoms. The van der Waals surface area contributed by atoms with Crippen LogP contribution in [-0.4, -0.2) is 79.8 Å². The van der Waals surface area contributed by atoms with Crippen molar-refractivity contribution in [2.24, 2.45) is 0 Å². The van der Waals surface area contributed by atoms with Crippen LogP contribution in [0.2, 0.25) is 0 Å². The number of thiol groups is 1. The van der Waals surface area contributed by atoms with Crippen LogP contribution in [0.15, 0.2) is 89.8 Å². The molecule has 0 saturated carbocycles. The van der Waals surface area contributed by atoms with Gasteiger partial charge in [-0.2, -0.15) is 0 Å². The molecule has 3 heterocycles. The van der Waals surface area contributed by atoms with E-state index < -0.39 is 37.8 Å².